The molecule has 78 valence electrons. The molecule has 1 fully saturated rings. The molecule has 0 aromatic carbocycles. The number of aromatic nitrogens is 4. The van der Waals surface area contributed by atoms with Gasteiger partial charge in [0.15, 0.2) is 5.82 Å². The first-order chi connectivity index (χ1) is 6.63. The van der Waals surface area contributed by atoms with Gasteiger partial charge in [-0.3, -0.25) is 0 Å². The first kappa shape index (κ1) is 9.86. The van der Waals surface area contributed by atoms with Crippen molar-refractivity contribution in [1.29, 1.82) is 0 Å². The number of hydrogen-bond donors (Lipinski definition) is 0. The van der Waals surface area contributed by atoms with Crippen LogP contribution in [0.3, 0.4) is 0 Å². The van der Waals surface area contributed by atoms with Crippen molar-refractivity contribution in [2.75, 3.05) is 13.2 Å². The standard InChI is InChI=1S/C8H13ClN4O/c1-6(9)7-10-11-12-13(7)8(2)3-4-14-5-8/h6H,3-5H2,1-2H3. The van der Waals surface area contributed by atoms with Crippen LogP contribution in [-0.2, 0) is 10.3 Å². The number of alkyl halides is 1. The van der Waals surface area contributed by atoms with E-state index in [1.54, 1.807) is 4.68 Å². The summed E-state index contributed by atoms with van der Waals surface area (Å²) in [6, 6.07) is 0. The smallest absolute Gasteiger partial charge is 0.169 e. The van der Waals surface area contributed by atoms with Crippen molar-refractivity contribution in [3.63, 3.8) is 0 Å². The lowest BCUT2D eigenvalue weighted by Gasteiger charge is -2.23. The van der Waals surface area contributed by atoms with Gasteiger partial charge in [-0.1, -0.05) is 0 Å². The van der Waals surface area contributed by atoms with Gasteiger partial charge >= 0.3 is 0 Å². The molecule has 1 aromatic heterocycles. The predicted molar refractivity (Wildman–Crippen MR) is 51.2 cm³/mol. The molecule has 6 heteroatoms. The summed E-state index contributed by atoms with van der Waals surface area (Å²) < 4.78 is 7.15. The normalized spacial score (nSPS) is 29.4. The fourth-order valence-electron chi connectivity index (χ4n) is 1.65. The Morgan fingerprint density at radius 3 is 3.00 bits per heavy atom. The summed E-state index contributed by atoms with van der Waals surface area (Å²) >= 11 is 5.99. The zero-order chi connectivity index (χ0) is 10.2. The van der Waals surface area contributed by atoms with E-state index in [1.807, 2.05) is 6.92 Å². The van der Waals surface area contributed by atoms with Gasteiger partial charge in [-0.05, 0) is 30.7 Å². The molecule has 14 heavy (non-hydrogen) atoms. The van der Waals surface area contributed by atoms with E-state index in [0.717, 1.165) is 13.0 Å². The molecule has 0 amide bonds. The predicted octanol–water partition coefficient (Wildman–Crippen LogP) is 1.11. The van der Waals surface area contributed by atoms with Gasteiger partial charge in [0.1, 0.15) is 0 Å². The number of nitrogens with zero attached hydrogens (tertiary/aromatic N) is 4. The third kappa shape index (κ3) is 1.50. The van der Waals surface area contributed by atoms with E-state index in [1.165, 1.54) is 0 Å². The quantitative estimate of drug-likeness (QED) is 0.695. The zero-order valence-electron chi connectivity index (χ0n) is 8.27. The molecule has 2 atom stereocenters. The minimum atomic E-state index is -0.178. The fourth-order valence-corrected chi connectivity index (χ4v) is 1.79. The molecule has 0 saturated carbocycles. The number of tetrazole rings is 1. The van der Waals surface area contributed by atoms with E-state index in [0.29, 0.717) is 12.4 Å². The van der Waals surface area contributed by atoms with Crippen LogP contribution in [0.15, 0.2) is 0 Å². The van der Waals surface area contributed by atoms with Crippen LogP contribution in [0.25, 0.3) is 0 Å². The second-order valence-electron chi connectivity index (χ2n) is 3.86. The van der Waals surface area contributed by atoms with Gasteiger partial charge in [0.25, 0.3) is 0 Å². The van der Waals surface area contributed by atoms with Gasteiger partial charge in [-0.2, -0.15) is 0 Å². The van der Waals surface area contributed by atoms with Crippen LogP contribution >= 0.6 is 11.6 Å². The molecule has 1 aliphatic rings. The highest BCUT2D eigenvalue weighted by Gasteiger charge is 2.35. The minimum absolute atomic E-state index is 0.137. The molecule has 5 nitrogen and oxygen atoms in total. The third-order valence-electron chi connectivity index (χ3n) is 2.56. The topological polar surface area (TPSA) is 52.8 Å². The van der Waals surface area contributed by atoms with Gasteiger partial charge in [-0.15, -0.1) is 16.7 Å². The Morgan fingerprint density at radius 1 is 1.64 bits per heavy atom. The van der Waals surface area contributed by atoms with Crippen LogP contribution in [0.4, 0.5) is 0 Å². The van der Waals surface area contributed by atoms with Crippen molar-refractivity contribution < 1.29 is 4.74 Å². The molecule has 0 radical (unpaired) electrons. The molecule has 2 unspecified atom stereocenters. The SMILES string of the molecule is CC(Cl)c1nnnn1C1(C)CCOC1. The van der Waals surface area contributed by atoms with Gasteiger partial charge in [0.2, 0.25) is 0 Å². The summed E-state index contributed by atoms with van der Waals surface area (Å²) in [6.45, 7) is 5.35. The van der Waals surface area contributed by atoms with Crippen LogP contribution in [0.2, 0.25) is 0 Å². The number of rotatable bonds is 2. The molecule has 1 aromatic rings. The molecule has 1 aliphatic heterocycles. The maximum Gasteiger partial charge on any atom is 0.169 e. The molecule has 0 bridgehead atoms. The van der Waals surface area contributed by atoms with Crippen LogP contribution in [0.1, 0.15) is 31.5 Å². The largest absolute Gasteiger partial charge is 0.379 e. The summed E-state index contributed by atoms with van der Waals surface area (Å²) in [5, 5.41) is 11.4. The van der Waals surface area contributed by atoms with Gasteiger partial charge < -0.3 is 4.74 Å². The van der Waals surface area contributed by atoms with Crippen molar-refractivity contribution >= 4 is 11.6 Å². The molecule has 0 N–H and O–H groups in total. The van der Waals surface area contributed by atoms with E-state index in [-0.39, 0.29) is 10.9 Å². The van der Waals surface area contributed by atoms with E-state index in [2.05, 4.69) is 22.4 Å². The van der Waals surface area contributed by atoms with Crippen LogP contribution < -0.4 is 0 Å². The average molecular weight is 217 g/mol. The third-order valence-corrected chi connectivity index (χ3v) is 2.75. The Labute approximate surface area is 87.4 Å². The maximum absolute atomic E-state index is 5.99. The zero-order valence-corrected chi connectivity index (χ0v) is 9.03. The van der Waals surface area contributed by atoms with Crippen molar-refractivity contribution in [3.05, 3.63) is 5.82 Å². The Bertz CT molecular complexity index is 319. The lowest BCUT2D eigenvalue weighted by molar-refractivity contribution is 0.153. The Morgan fingerprint density at radius 2 is 2.43 bits per heavy atom. The van der Waals surface area contributed by atoms with Crippen molar-refractivity contribution in [1.82, 2.24) is 20.2 Å². The lowest BCUT2D eigenvalue weighted by Crippen LogP contribution is -2.33. The van der Waals surface area contributed by atoms with Gasteiger partial charge in [-0.25, -0.2) is 4.68 Å². The Hall–Kier alpha value is -0.680. The highest BCUT2D eigenvalue weighted by atomic mass is 35.5. The highest BCUT2D eigenvalue weighted by Crippen LogP contribution is 2.29. The van der Waals surface area contributed by atoms with E-state index < -0.39 is 0 Å². The minimum Gasteiger partial charge on any atom is -0.379 e. The van der Waals surface area contributed by atoms with Gasteiger partial charge in [0, 0.05) is 6.61 Å². The van der Waals surface area contributed by atoms with Crippen molar-refractivity contribution in [2.45, 2.75) is 31.2 Å². The number of ether oxygens (including phenoxy) is 1. The molecule has 0 spiro atoms. The maximum atomic E-state index is 5.99. The molecule has 0 aliphatic carbocycles. The monoisotopic (exact) mass is 216 g/mol. The summed E-state index contributed by atoms with van der Waals surface area (Å²) in [7, 11) is 0. The Balaban J connectivity index is 2.35. The van der Waals surface area contributed by atoms with Crippen molar-refractivity contribution in [3.8, 4) is 0 Å². The first-order valence-electron chi connectivity index (χ1n) is 4.64. The first-order valence-corrected chi connectivity index (χ1v) is 5.08. The van der Waals surface area contributed by atoms with E-state index in [9.17, 15) is 0 Å². The number of hydrogen-bond acceptors (Lipinski definition) is 4. The van der Waals surface area contributed by atoms with Crippen molar-refractivity contribution in [2.24, 2.45) is 0 Å². The van der Waals surface area contributed by atoms with E-state index >= 15 is 0 Å². The lowest BCUT2D eigenvalue weighted by atomic mass is 10.0. The fraction of sp³-hybridized carbons (Fsp3) is 0.875. The second kappa shape index (κ2) is 3.47. The van der Waals surface area contributed by atoms with Crippen LogP contribution in [-0.4, -0.2) is 33.4 Å². The number of halogens is 1. The molecule has 2 rings (SSSR count). The summed E-state index contributed by atoms with van der Waals surface area (Å²) in [5.74, 6) is 0.708. The van der Waals surface area contributed by atoms with Gasteiger partial charge in [0.05, 0.1) is 17.5 Å². The Kier molecular flexibility index (Phi) is 2.45. The highest BCUT2D eigenvalue weighted by molar-refractivity contribution is 6.20. The van der Waals surface area contributed by atoms with Crippen LogP contribution in [0.5, 0.6) is 0 Å². The molecule has 1 saturated heterocycles. The summed E-state index contributed by atoms with van der Waals surface area (Å²) in [5.41, 5.74) is -0.137. The average Bonchev–Trinajstić information content (AvgIpc) is 2.71. The van der Waals surface area contributed by atoms with Crippen LogP contribution in [0, 0.1) is 0 Å². The molecule has 2 heterocycles. The summed E-state index contributed by atoms with van der Waals surface area (Å²) in [6.07, 6.45) is 0.925. The second-order valence-corrected chi connectivity index (χ2v) is 4.52. The molecular formula is C8H13ClN4O. The van der Waals surface area contributed by atoms with E-state index in [4.69, 9.17) is 16.3 Å². The summed E-state index contributed by atoms with van der Waals surface area (Å²) in [4.78, 5) is 0. The molecular weight excluding hydrogens is 204 g/mol.